The van der Waals surface area contributed by atoms with E-state index >= 15 is 4.39 Å². The molecule has 2 unspecified atom stereocenters. The van der Waals surface area contributed by atoms with Crippen molar-refractivity contribution in [2.24, 2.45) is 23.7 Å². The average Bonchev–Trinajstić information content (AvgIpc) is 2.91. The molecule has 2 atom stereocenters. The number of carbonyl (C=O) groups is 1. The van der Waals surface area contributed by atoms with E-state index in [0.29, 0.717) is 44.4 Å². The molecule has 0 bridgehead atoms. The van der Waals surface area contributed by atoms with Crippen LogP contribution in [0.25, 0.3) is 0 Å². The van der Waals surface area contributed by atoms with E-state index in [1.807, 2.05) is 0 Å². The first kappa shape index (κ1) is 28.0. The molecule has 0 spiro atoms. The molecule has 0 saturated heterocycles. The van der Waals surface area contributed by atoms with Crippen molar-refractivity contribution in [3.63, 3.8) is 0 Å². The summed E-state index contributed by atoms with van der Waals surface area (Å²) in [6.07, 6.45) is 7.88. The molecule has 0 radical (unpaired) electrons. The second-order valence-electron chi connectivity index (χ2n) is 11.1. The molecule has 7 heteroatoms. The molecule has 0 amide bonds. The molecule has 0 aliphatic heterocycles. The van der Waals surface area contributed by atoms with Gasteiger partial charge in [0, 0.05) is 5.92 Å². The summed E-state index contributed by atoms with van der Waals surface area (Å²) in [6, 6.07) is 2.98. The molecular weight excluding hydrogens is 484 g/mol. The van der Waals surface area contributed by atoms with Crippen LogP contribution >= 0.6 is 0 Å². The number of rotatable bonds is 8. The maximum Gasteiger partial charge on any atom is 0.309 e. The van der Waals surface area contributed by atoms with Gasteiger partial charge in [-0.2, -0.15) is 4.39 Å². The van der Waals surface area contributed by atoms with Gasteiger partial charge in [0.05, 0.1) is 12.5 Å². The van der Waals surface area contributed by atoms with Gasteiger partial charge < -0.3 is 9.47 Å². The van der Waals surface area contributed by atoms with Gasteiger partial charge >= 0.3 is 5.97 Å². The lowest BCUT2D eigenvalue weighted by Gasteiger charge is -2.36. The number of allylic oxidation sites excluding steroid dienone is 1. The first-order valence-corrected chi connectivity index (χ1v) is 14.2. The zero-order valence-electron chi connectivity index (χ0n) is 22.0. The molecule has 1 aromatic rings. The standard InChI is InChI=1S/C30H40F4O3/c1-3-5-18-6-8-19(9-7-18)23-15-17-25(29(34)27(23)32)37-30(35)21-12-10-20(11-13-21)22-14-16-24(36-4-2)28(33)26(22)31/h14,16,18-21,23,25H,3-13,15,17H2,1-2H3. The van der Waals surface area contributed by atoms with Crippen molar-refractivity contribution in [2.75, 3.05) is 6.61 Å². The lowest BCUT2D eigenvalue weighted by molar-refractivity contribution is -0.155. The highest BCUT2D eigenvalue weighted by molar-refractivity contribution is 5.73. The van der Waals surface area contributed by atoms with Crippen molar-refractivity contribution in [3.8, 4) is 5.75 Å². The van der Waals surface area contributed by atoms with Gasteiger partial charge in [-0.05, 0) is 87.7 Å². The second kappa shape index (κ2) is 12.7. The van der Waals surface area contributed by atoms with Crippen LogP contribution in [0.1, 0.15) is 102 Å². The average molecular weight is 525 g/mol. The third kappa shape index (κ3) is 6.34. The summed E-state index contributed by atoms with van der Waals surface area (Å²) < 4.78 is 69.5. The molecule has 0 N–H and O–H groups in total. The Balaban J connectivity index is 1.30. The summed E-state index contributed by atoms with van der Waals surface area (Å²) in [7, 11) is 0. The minimum Gasteiger partial charge on any atom is -0.491 e. The van der Waals surface area contributed by atoms with Crippen molar-refractivity contribution in [1.29, 1.82) is 0 Å². The monoisotopic (exact) mass is 524 g/mol. The Kier molecular flexibility index (Phi) is 9.57. The summed E-state index contributed by atoms with van der Waals surface area (Å²) in [6.45, 7) is 4.12. The maximum absolute atomic E-state index is 15.0. The van der Waals surface area contributed by atoms with Crippen molar-refractivity contribution in [3.05, 3.63) is 41.0 Å². The molecule has 2 saturated carbocycles. The molecule has 3 nitrogen and oxygen atoms in total. The fourth-order valence-corrected chi connectivity index (χ4v) is 6.76. The van der Waals surface area contributed by atoms with Crippen LogP contribution in [0.15, 0.2) is 23.8 Å². The zero-order chi connectivity index (χ0) is 26.5. The third-order valence-electron chi connectivity index (χ3n) is 8.87. The molecule has 0 aromatic heterocycles. The molecule has 3 aliphatic carbocycles. The van der Waals surface area contributed by atoms with Crippen molar-refractivity contribution in [2.45, 2.75) is 103 Å². The van der Waals surface area contributed by atoms with Crippen LogP contribution < -0.4 is 4.74 Å². The van der Waals surface area contributed by atoms with E-state index in [1.165, 1.54) is 12.5 Å². The summed E-state index contributed by atoms with van der Waals surface area (Å²) >= 11 is 0. The lowest BCUT2D eigenvalue weighted by Crippen LogP contribution is -2.33. The molecule has 3 aliphatic rings. The van der Waals surface area contributed by atoms with Crippen molar-refractivity contribution >= 4 is 5.97 Å². The Morgan fingerprint density at radius 2 is 1.54 bits per heavy atom. The van der Waals surface area contributed by atoms with Gasteiger partial charge in [0.25, 0.3) is 0 Å². The number of hydrogen-bond acceptors (Lipinski definition) is 3. The number of halogens is 4. The van der Waals surface area contributed by atoms with Crippen LogP contribution in [0, 0.1) is 35.3 Å². The highest BCUT2D eigenvalue weighted by Crippen LogP contribution is 2.45. The molecular formula is C30H40F4O3. The Morgan fingerprint density at radius 1 is 0.838 bits per heavy atom. The van der Waals surface area contributed by atoms with E-state index in [1.54, 1.807) is 13.0 Å². The quantitative estimate of drug-likeness (QED) is 0.252. The number of ether oxygens (including phenoxy) is 2. The van der Waals surface area contributed by atoms with Gasteiger partial charge in [0.1, 0.15) is 5.83 Å². The number of hydrogen-bond donors (Lipinski definition) is 0. The highest BCUT2D eigenvalue weighted by atomic mass is 19.2. The Bertz CT molecular complexity index is 962. The van der Waals surface area contributed by atoms with Crippen LogP contribution in [0.2, 0.25) is 0 Å². The topological polar surface area (TPSA) is 35.5 Å². The van der Waals surface area contributed by atoms with Crippen LogP contribution in [0.5, 0.6) is 5.75 Å². The number of benzene rings is 1. The predicted molar refractivity (Wildman–Crippen MR) is 134 cm³/mol. The van der Waals surface area contributed by atoms with Gasteiger partial charge in [-0.15, -0.1) is 0 Å². The molecule has 2 fully saturated rings. The number of esters is 1. The van der Waals surface area contributed by atoms with Gasteiger partial charge in [0.15, 0.2) is 23.5 Å². The largest absolute Gasteiger partial charge is 0.491 e. The van der Waals surface area contributed by atoms with Crippen molar-refractivity contribution < 1.29 is 31.8 Å². The second-order valence-corrected chi connectivity index (χ2v) is 11.1. The van der Waals surface area contributed by atoms with E-state index in [-0.39, 0.29) is 29.8 Å². The van der Waals surface area contributed by atoms with Crippen LogP contribution in [0.3, 0.4) is 0 Å². The molecule has 1 aromatic carbocycles. The van der Waals surface area contributed by atoms with E-state index in [4.69, 9.17) is 9.47 Å². The summed E-state index contributed by atoms with van der Waals surface area (Å²) in [4.78, 5) is 12.8. The van der Waals surface area contributed by atoms with E-state index in [0.717, 1.165) is 32.1 Å². The maximum atomic E-state index is 15.0. The zero-order valence-corrected chi connectivity index (χ0v) is 22.0. The smallest absolute Gasteiger partial charge is 0.309 e. The van der Waals surface area contributed by atoms with E-state index < -0.39 is 47.2 Å². The highest BCUT2D eigenvalue weighted by Gasteiger charge is 2.40. The first-order valence-electron chi connectivity index (χ1n) is 14.2. The van der Waals surface area contributed by atoms with Gasteiger partial charge in [-0.1, -0.05) is 38.7 Å². The van der Waals surface area contributed by atoms with Gasteiger partial charge in [-0.25, -0.2) is 13.2 Å². The summed E-state index contributed by atoms with van der Waals surface area (Å²) in [5, 5.41) is 0. The fraction of sp³-hybridized carbons (Fsp3) is 0.700. The SMILES string of the molecule is CCCC1CCC(C2CCC(OC(=O)C3CCC(c4ccc(OCC)c(F)c4F)CC3)C(F)=C2F)CC1. The molecule has 0 heterocycles. The van der Waals surface area contributed by atoms with Crippen molar-refractivity contribution in [1.82, 2.24) is 0 Å². The minimum atomic E-state index is -1.16. The molecule has 37 heavy (non-hydrogen) atoms. The third-order valence-corrected chi connectivity index (χ3v) is 8.87. The Hall–Kier alpha value is -2.05. The lowest BCUT2D eigenvalue weighted by atomic mass is 9.71. The summed E-state index contributed by atoms with van der Waals surface area (Å²) in [5.74, 6) is -4.37. The molecule has 206 valence electrons. The van der Waals surface area contributed by atoms with E-state index in [9.17, 15) is 18.0 Å². The van der Waals surface area contributed by atoms with Crippen LogP contribution in [0.4, 0.5) is 17.6 Å². The fourth-order valence-electron chi connectivity index (χ4n) is 6.76. The predicted octanol–water partition coefficient (Wildman–Crippen LogP) is 8.72. The Labute approximate surface area is 218 Å². The van der Waals surface area contributed by atoms with Crippen LogP contribution in [-0.4, -0.2) is 18.7 Å². The number of carbonyl (C=O) groups excluding carboxylic acids is 1. The van der Waals surface area contributed by atoms with Gasteiger partial charge in [-0.3, -0.25) is 4.79 Å². The molecule has 4 rings (SSSR count). The normalized spacial score (nSPS) is 30.8. The van der Waals surface area contributed by atoms with Crippen LogP contribution in [-0.2, 0) is 9.53 Å². The summed E-state index contributed by atoms with van der Waals surface area (Å²) in [5.41, 5.74) is 0.283. The minimum absolute atomic E-state index is 0.109. The van der Waals surface area contributed by atoms with E-state index in [2.05, 4.69) is 6.92 Å². The first-order chi connectivity index (χ1) is 17.8. The van der Waals surface area contributed by atoms with Gasteiger partial charge in [0.2, 0.25) is 5.82 Å². The Morgan fingerprint density at radius 3 is 2.19 bits per heavy atom.